The van der Waals surface area contributed by atoms with Gasteiger partial charge in [-0.1, -0.05) is 24.3 Å². The highest BCUT2D eigenvalue weighted by Crippen LogP contribution is 2.36. The molecule has 0 heterocycles. The summed E-state index contributed by atoms with van der Waals surface area (Å²) in [5.74, 6) is -3.81. The quantitative estimate of drug-likeness (QED) is 0.591. The van der Waals surface area contributed by atoms with E-state index in [4.69, 9.17) is 0 Å². The van der Waals surface area contributed by atoms with Gasteiger partial charge in [0, 0.05) is 10.6 Å². The summed E-state index contributed by atoms with van der Waals surface area (Å²) in [4.78, 5) is 0. The van der Waals surface area contributed by atoms with Crippen molar-refractivity contribution < 1.29 is 17.6 Å². The zero-order valence-electron chi connectivity index (χ0n) is 8.87. The van der Waals surface area contributed by atoms with Gasteiger partial charge in [0.15, 0.2) is 23.3 Å². The van der Waals surface area contributed by atoms with Gasteiger partial charge < -0.3 is 0 Å². The van der Waals surface area contributed by atoms with E-state index in [9.17, 15) is 17.6 Å². The molecule has 2 rings (SSSR count). The van der Waals surface area contributed by atoms with Crippen molar-refractivity contribution in [1.82, 2.24) is 0 Å². The lowest BCUT2D eigenvalue weighted by Crippen LogP contribution is -2.06. The second-order valence-corrected chi connectivity index (χ2v) is 5.91. The minimum atomic E-state index is -0.955. The van der Waals surface area contributed by atoms with Crippen molar-refractivity contribution in [2.75, 3.05) is 0 Å². The Kier molecular flexibility index (Phi) is 4.31. The van der Waals surface area contributed by atoms with Crippen LogP contribution >= 0.6 is 16.5 Å². The molecule has 0 saturated carbocycles. The van der Waals surface area contributed by atoms with Crippen molar-refractivity contribution >= 4 is 27.1 Å². The SMILES string of the molecule is Fc1cccc([P][P]c2cccc(F)c2F)c1F. The van der Waals surface area contributed by atoms with Crippen molar-refractivity contribution in [1.29, 1.82) is 0 Å². The van der Waals surface area contributed by atoms with Crippen molar-refractivity contribution in [2.24, 2.45) is 0 Å². The Morgan fingerprint density at radius 3 is 1.39 bits per heavy atom. The predicted octanol–water partition coefficient (Wildman–Crippen LogP) is 4.00. The van der Waals surface area contributed by atoms with Gasteiger partial charge in [-0.05, 0) is 28.7 Å². The van der Waals surface area contributed by atoms with E-state index in [-0.39, 0.29) is 10.6 Å². The van der Waals surface area contributed by atoms with E-state index >= 15 is 0 Å². The Bertz CT molecular complexity index is 520. The molecule has 0 spiro atoms. The molecular weight excluding hydrogens is 282 g/mol. The Balaban J connectivity index is 2.17. The van der Waals surface area contributed by atoms with Crippen molar-refractivity contribution in [2.45, 2.75) is 0 Å². The van der Waals surface area contributed by atoms with Crippen LogP contribution in [0.15, 0.2) is 36.4 Å². The summed E-state index contributed by atoms with van der Waals surface area (Å²) in [6.45, 7) is 0. The lowest BCUT2D eigenvalue weighted by molar-refractivity contribution is 0.514. The lowest BCUT2D eigenvalue weighted by Gasteiger charge is -2.04. The maximum atomic E-state index is 13.3. The molecule has 0 fully saturated rings. The number of benzene rings is 2. The monoisotopic (exact) mass is 288 g/mol. The third kappa shape index (κ3) is 2.88. The number of hydrogen-bond acceptors (Lipinski definition) is 0. The van der Waals surface area contributed by atoms with Gasteiger partial charge in [0.1, 0.15) is 0 Å². The van der Waals surface area contributed by atoms with Crippen LogP contribution in [0.5, 0.6) is 0 Å². The number of hydrogen-bond donors (Lipinski definition) is 0. The fourth-order valence-electron chi connectivity index (χ4n) is 1.25. The molecule has 0 nitrogen and oxygen atoms in total. The fraction of sp³-hybridized carbons (Fsp3) is 0. The Hall–Kier alpha value is -0.980. The van der Waals surface area contributed by atoms with E-state index in [0.29, 0.717) is 16.5 Å². The van der Waals surface area contributed by atoms with Crippen LogP contribution in [0, 0.1) is 23.3 Å². The summed E-state index contributed by atoms with van der Waals surface area (Å²) in [5.41, 5.74) is 0. The van der Waals surface area contributed by atoms with Crippen molar-refractivity contribution in [3.05, 3.63) is 59.7 Å². The second kappa shape index (κ2) is 5.77. The molecule has 0 amide bonds. The van der Waals surface area contributed by atoms with E-state index in [1.807, 2.05) is 0 Å². The van der Waals surface area contributed by atoms with E-state index < -0.39 is 23.3 Å². The second-order valence-electron chi connectivity index (χ2n) is 3.35. The number of rotatable bonds is 3. The van der Waals surface area contributed by atoms with E-state index in [1.165, 1.54) is 24.3 Å². The summed E-state index contributed by atoms with van der Waals surface area (Å²) in [5, 5.41) is 0.223. The third-order valence-electron chi connectivity index (χ3n) is 2.13. The summed E-state index contributed by atoms with van der Waals surface area (Å²) in [6, 6.07) is 7.58. The molecule has 0 aliphatic carbocycles. The smallest absolute Gasteiger partial charge is 0.167 e. The van der Waals surface area contributed by atoms with Gasteiger partial charge in [-0.25, -0.2) is 17.6 Å². The molecule has 2 radical (unpaired) electrons. The van der Waals surface area contributed by atoms with Crippen LogP contribution < -0.4 is 10.6 Å². The maximum Gasteiger partial charge on any atom is 0.167 e. The minimum Gasteiger partial charge on any atom is -0.204 e. The van der Waals surface area contributed by atoms with Gasteiger partial charge >= 0.3 is 0 Å². The zero-order chi connectivity index (χ0) is 13.1. The van der Waals surface area contributed by atoms with Crippen LogP contribution in [0.1, 0.15) is 0 Å². The van der Waals surface area contributed by atoms with Gasteiger partial charge in [-0.2, -0.15) is 0 Å². The van der Waals surface area contributed by atoms with E-state index in [2.05, 4.69) is 0 Å². The lowest BCUT2D eigenvalue weighted by atomic mass is 10.3. The summed E-state index contributed by atoms with van der Waals surface area (Å²) in [6.07, 6.45) is 0. The Morgan fingerprint density at radius 1 is 0.611 bits per heavy atom. The average molecular weight is 288 g/mol. The molecule has 92 valence electrons. The summed E-state index contributed by atoms with van der Waals surface area (Å²) < 4.78 is 52.5. The van der Waals surface area contributed by atoms with Gasteiger partial charge in [0.2, 0.25) is 0 Å². The molecule has 0 unspecified atom stereocenters. The van der Waals surface area contributed by atoms with E-state index in [1.54, 1.807) is 0 Å². The molecular formula is C12H6F4P2. The van der Waals surface area contributed by atoms with Gasteiger partial charge in [0.05, 0.1) is 0 Å². The molecule has 0 N–H and O–H groups in total. The third-order valence-corrected chi connectivity index (χ3v) is 4.94. The first-order valence-electron chi connectivity index (χ1n) is 4.89. The summed E-state index contributed by atoms with van der Waals surface area (Å²) >= 11 is 0. The molecule has 18 heavy (non-hydrogen) atoms. The largest absolute Gasteiger partial charge is 0.204 e. The van der Waals surface area contributed by atoms with E-state index in [0.717, 1.165) is 12.1 Å². The Labute approximate surface area is 105 Å². The topological polar surface area (TPSA) is 0 Å². The first-order valence-corrected chi connectivity index (χ1v) is 7.39. The first kappa shape index (κ1) is 13.5. The Morgan fingerprint density at radius 2 is 1.00 bits per heavy atom. The highest BCUT2D eigenvalue weighted by Gasteiger charge is 2.12. The van der Waals surface area contributed by atoms with Crippen LogP contribution in [0.25, 0.3) is 0 Å². The average Bonchev–Trinajstić information content (AvgIpc) is 2.36. The standard InChI is InChI=1S/C12H6F4P2/c13-7-3-1-5-9(11(7)15)17-18-10-6-2-4-8(14)12(10)16/h1-6H. The van der Waals surface area contributed by atoms with Gasteiger partial charge in [-0.3, -0.25) is 0 Å². The van der Waals surface area contributed by atoms with Crippen molar-refractivity contribution in [3.63, 3.8) is 0 Å². The molecule has 6 heteroatoms. The molecule has 0 bridgehead atoms. The molecule has 0 aromatic heterocycles. The summed E-state index contributed by atoms with van der Waals surface area (Å²) in [7, 11) is 0.708. The maximum absolute atomic E-state index is 13.3. The molecule has 0 saturated heterocycles. The molecule has 2 aromatic carbocycles. The van der Waals surface area contributed by atoms with Gasteiger partial charge in [-0.15, -0.1) is 0 Å². The van der Waals surface area contributed by atoms with Crippen LogP contribution in [-0.2, 0) is 0 Å². The van der Waals surface area contributed by atoms with Gasteiger partial charge in [0.25, 0.3) is 0 Å². The van der Waals surface area contributed by atoms with Crippen molar-refractivity contribution in [3.8, 4) is 0 Å². The highest BCUT2D eigenvalue weighted by atomic mass is 32.0. The minimum absolute atomic E-state index is 0.111. The highest BCUT2D eigenvalue weighted by molar-refractivity contribution is 8.18. The molecule has 2 aromatic rings. The molecule has 0 aliphatic heterocycles. The molecule has 0 atom stereocenters. The fourth-order valence-corrected chi connectivity index (χ4v) is 3.73. The number of halogens is 4. The predicted molar refractivity (Wildman–Crippen MR) is 65.8 cm³/mol. The van der Waals surface area contributed by atoms with Crippen LogP contribution in [-0.4, -0.2) is 0 Å². The normalized spacial score (nSPS) is 12.0. The van der Waals surface area contributed by atoms with Crippen LogP contribution in [0.3, 0.4) is 0 Å². The zero-order valence-corrected chi connectivity index (χ0v) is 10.7. The molecule has 0 aliphatic rings. The first-order chi connectivity index (χ1) is 8.59. The van der Waals surface area contributed by atoms with Crippen LogP contribution in [0.2, 0.25) is 0 Å². The van der Waals surface area contributed by atoms with Crippen LogP contribution in [0.4, 0.5) is 17.6 Å².